The first-order valence-corrected chi connectivity index (χ1v) is 8.34. The van der Waals surface area contributed by atoms with Gasteiger partial charge in [-0.1, -0.05) is 41.4 Å². The molecule has 130 valence electrons. The molecule has 1 unspecified atom stereocenters. The highest BCUT2D eigenvalue weighted by molar-refractivity contribution is 6.31. The summed E-state index contributed by atoms with van der Waals surface area (Å²) in [5, 5.41) is 12.2. The van der Waals surface area contributed by atoms with Gasteiger partial charge in [0.25, 0.3) is 5.91 Å². The largest absolute Gasteiger partial charge is 0.291 e. The van der Waals surface area contributed by atoms with Gasteiger partial charge in [-0.15, -0.1) is 5.10 Å². The van der Waals surface area contributed by atoms with E-state index in [1.165, 1.54) is 6.20 Å². The van der Waals surface area contributed by atoms with Gasteiger partial charge in [-0.2, -0.15) is 5.10 Å². The van der Waals surface area contributed by atoms with Gasteiger partial charge >= 0.3 is 0 Å². The fourth-order valence-electron chi connectivity index (χ4n) is 2.35. The molecule has 2 aromatic heterocycles. The number of amides is 1. The Labute approximate surface area is 154 Å². The van der Waals surface area contributed by atoms with Crippen molar-refractivity contribution in [3.63, 3.8) is 0 Å². The number of anilines is 1. The minimum atomic E-state index is -0.539. The first-order valence-electron chi connectivity index (χ1n) is 7.59. The van der Waals surface area contributed by atoms with Crippen LogP contribution in [0.2, 0.25) is 10.0 Å². The van der Waals surface area contributed by atoms with E-state index in [0.29, 0.717) is 16.6 Å². The quantitative estimate of drug-likeness (QED) is 0.738. The molecule has 2 heterocycles. The number of nitrogens with one attached hydrogen (secondary N) is 1. The maximum atomic E-state index is 12.4. The van der Waals surface area contributed by atoms with Crippen LogP contribution in [0.5, 0.6) is 0 Å². The number of hydrogen-bond acceptors (Lipinski definition) is 4. The van der Waals surface area contributed by atoms with Gasteiger partial charge < -0.3 is 0 Å². The van der Waals surface area contributed by atoms with Gasteiger partial charge in [-0.25, -0.2) is 9.67 Å². The van der Waals surface area contributed by atoms with Crippen LogP contribution in [0.25, 0.3) is 0 Å². The molecule has 9 heteroatoms. The van der Waals surface area contributed by atoms with Crippen LogP contribution in [-0.4, -0.2) is 30.5 Å². The van der Waals surface area contributed by atoms with Crippen LogP contribution in [0.4, 0.5) is 5.95 Å². The van der Waals surface area contributed by atoms with Crippen LogP contribution in [-0.2, 0) is 11.3 Å². The molecular weight excluding hydrogens is 363 g/mol. The predicted octanol–water partition coefficient (Wildman–Crippen LogP) is 3.34. The summed E-state index contributed by atoms with van der Waals surface area (Å²) in [7, 11) is 0. The van der Waals surface area contributed by atoms with Crippen molar-refractivity contribution in [2.75, 3.05) is 5.32 Å². The summed E-state index contributed by atoms with van der Waals surface area (Å²) in [6.07, 6.45) is 3.05. The first-order chi connectivity index (χ1) is 12.0. The fraction of sp³-hybridized carbons (Fsp3) is 0.250. The summed E-state index contributed by atoms with van der Waals surface area (Å²) in [5.41, 5.74) is 1.64. The van der Waals surface area contributed by atoms with E-state index in [1.807, 2.05) is 24.3 Å². The third-order valence-corrected chi connectivity index (χ3v) is 4.53. The molecule has 7 nitrogen and oxygen atoms in total. The highest BCUT2D eigenvalue weighted by atomic mass is 35.5. The van der Waals surface area contributed by atoms with Crippen molar-refractivity contribution in [2.24, 2.45) is 0 Å². The minimum absolute atomic E-state index is 0.222. The summed E-state index contributed by atoms with van der Waals surface area (Å²) in [6, 6.07) is 6.96. The number of benzene rings is 1. The molecule has 1 aromatic carbocycles. The molecule has 0 saturated heterocycles. The zero-order valence-corrected chi connectivity index (χ0v) is 15.2. The van der Waals surface area contributed by atoms with E-state index in [0.717, 1.165) is 11.3 Å². The van der Waals surface area contributed by atoms with E-state index in [9.17, 15) is 4.79 Å². The van der Waals surface area contributed by atoms with Crippen LogP contribution >= 0.6 is 23.2 Å². The number of rotatable bonds is 5. The Kier molecular flexibility index (Phi) is 5.06. The molecule has 0 aliphatic rings. The van der Waals surface area contributed by atoms with Gasteiger partial charge in [0.15, 0.2) is 0 Å². The minimum Gasteiger partial charge on any atom is -0.291 e. The zero-order valence-electron chi connectivity index (χ0n) is 13.6. The number of hydrogen-bond donors (Lipinski definition) is 1. The highest BCUT2D eigenvalue weighted by Crippen LogP contribution is 2.19. The second-order valence-electron chi connectivity index (χ2n) is 5.54. The Morgan fingerprint density at radius 3 is 2.72 bits per heavy atom. The summed E-state index contributed by atoms with van der Waals surface area (Å²) >= 11 is 12.1. The average molecular weight is 379 g/mol. The molecule has 25 heavy (non-hydrogen) atoms. The molecule has 0 fully saturated rings. The fourth-order valence-corrected chi connectivity index (χ4v) is 2.67. The molecule has 0 spiro atoms. The summed E-state index contributed by atoms with van der Waals surface area (Å²) in [4.78, 5) is 16.5. The van der Waals surface area contributed by atoms with E-state index in [-0.39, 0.29) is 11.9 Å². The van der Waals surface area contributed by atoms with Gasteiger partial charge in [0.05, 0.1) is 23.5 Å². The van der Waals surface area contributed by atoms with E-state index in [2.05, 4.69) is 20.5 Å². The highest BCUT2D eigenvalue weighted by Gasteiger charge is 2.20. The molecular formula is C16H16Cl2N6O. The van der Waals surface area contributed by atoms with Crippen LogP contribution in [0, 0.1) is 6.92 Å². The number of carbonyl (C=O) groups is 1. The van der Waals surface area contributed by atoms with Crippen molar-refractivity contribution in [1.82, 2.24) is 24.5 Å². The smallest absolute Gasteiger partial charge is 0.251 e. The monoisotopic (exact) mass is 378 g/mol. The summed E-state index contributed by atoms with van der Waals surface area (Å²) in [5.74, 6) is -0.0573. The lowest BCUT2D eigenvalue weighted by Crippen LogP contribution is -2.25. The molecule has 1 amide bonds. The van der Waals surface area contributed by atoms with Crippen LogP contribution in [0.15, 0.2) is 36.8 Å². The van der Waals surface area contributed by atoms with Gasteiger partial charge in [0.1, 0.15) is 12.4 Å². The normalized spacial score (nSPS) is 12.2. The van der Waals surface area contributed by atoms with Gasteiger partial charge in [0, 0.05) is 5.02 Å². The number of carbonyl (C=O) groups excluding carboxylic acids is 1. The van der Waals surface area contributed by atoms with Crippen LogP contribution in [0.1, 0.15) is 24.2 Å². The van der Waals surface area contributed by atoms with Crippen molar-refractivity contribution < 1.29 is 4.79 Å². The third kappa shape index (κ3) is 3.83. The number of halogens is 2. The molecule has 3 rings (SSSR count). The van der Waals surface area contributed by atoms with Gasteiger partial charge in [0.2, 0.25) is 5.95 Å². The maximum absolute atomic E-state index is 12.4. The van der Waals surface area contributed by atoms with Crippen LogP contribution in [0.3, 0.4) is 0 Å². The van der Waals surface area contributed by atoms with E-state index < -0.39 is 6.04 Å². The van der Waals surface area contributed by atoms with E-state index in [4.69, 9.17) is 23.2 Å². The predicted molar refractivity (Wildman–Crippen MR) is 95.9 cm³/mol. The van der Waals surface area contributed by atoms with Crippen molar-refractivity contribution in [1.29, 1.82) is 0 Å². The van der Waals surface area contributed by atoms with Crippen molar-refractivity contribution in [2.45, 2.75) is 26.4 Å². The van der Waals surface area contributed by atoms with Gasteiger partial charge in [-0.05, 0) is 25.5 Å². The lowest BCUT2D eigenvalue weighted by atomic mass is 10.2. The van der Waals surface area contributed by atoms with Crippen molar-refractivity contribution >= 4 is 35.1 Å². The zero-order chi connectivity index (χ0) is 18.0. The van der Waals surface area contributed by atoms with Crippen molar-refractivity contribution in [3.05, 3.63) is 58.1 Å². The standard InChI is InChI=1S/C16H16Cl2N6O/c1-10-14(18)7-20-24(10)11(2)15(25)21-16-19-9-23(22-16)8-12-5-3-4-6-13(12)17/h3-7,9,11H,8H2,1-2H3,(H,21,22,25). The van der Waals surface area contributed by atoms with E-state index >= 15 is 0 Å². The second kappa shape index (κ2) is 7.25. The summed E-state index contributed by atoms with van der Waals surface area (Å²) in [6.45, 7) is 3.99. The van der Waals surface area contributed by atoms with E-state index in [1.54, 1.807) is 29.5 Å². The Balaban J connectivity index is 1.68. The van der Waals surface area contributed by atoms with Crippen LogP contribution < -0.4 is 5.32 Å². The number of nitrogens with zero attached hydrogens (tertiary/aromatic N) is 5. The summed E-state index contributed by atoms with van der Waals surface area (Å²) < 4.78 is 3.16. The Morgan fingerprint density at radius 1 is 1.28 bits per heavy atom. The molecule has 0 saturated carbocycles. The SMILES string of the molecule is Cc1c(Cl)cnn1C(C)C(=O)Nc1ncn(Cc2ccccc2Cl)n1. The lowest BCUT2D eigenvalue weighted by molar-refractivity contribution is -0.119. The Bertz CT molecular complexity index is 904. The molecule has 0 bridgehead atoms. The Morgan fingerprint density at radius 2 is 2.04 bits per heavy atom. The average Bonchev–Trinajstić information content (AvgIpc) is 3.16. The first kappa shape index (κ1) is 17.4. The molecule has 0 aliphatic carbocycles. The molecule has 3 aromatic rings. The Hall–Kier alpha value is -2.38. The maximum Gasteiger partial charge on any atom is 0.251 e. The number of aromatic nitrogens is 5. The lowest BCUT2D eigenvalue weighted by Gasteiger charge is -2.12. The molecule has 1 N–H and O–H groups in total. The molecule has 1 atom stereocenters. The second-order valence-corrected chi connectivity index (χ2v) is 6.36. The molecule has 0 radical (unpaired) electrons. The molecule has 0 aliphatic heterocycles. The van der Waals surface area contributed by atoms with Crippen molar-refractivity contribution in [3.8, 4) is 0 Å². The van der Waals surface area contributed by atoms with Gasteiger partial charge in [-0.3, -0.25) is 14.8 Å². The third-order valence-electron chi connectivity index (χ3n) is 3.79. The topological polar surface area (TPSA) is 77.6 Å².